The molecule has 4 heteroatoms. The van der Waals surface area contributed by atoms with Crippen LogP contribution in [0.5, 0.6) is 0 Å². The first kappa shape index (κ1) is 9.23. The van der Waals surface area contributed by atoms with Crippen molar-refractivity contribution in [3.8, 4) is 0 Å². The Morgan fingerprint density at radius 2 is 2.12 bits per heavy atom. The van der Waals surface area contributed by atoms with E-state index in [1.165, 1.54) is 4.17 Å². The second-order valence-corrected chi connectivity index (χ2v) is 9.84. The Balaban J connectivity index is 3.37. The monoisotopic (exact) mass is 162 g/mol. The Hall–Kier alpha value is 1.23. The zero-order chi connectivity index (χ0) is 6.62. The summed E-state index contributed by atoms with van der Waals surface area (Å²) in [6.45, 7) is 4.39. The zero-order valence-electron chi connectivity index (χ0n) is 5.70. The Labute approximate surface area is 65.4 Å². The van der Waals surface area contributed by atoms with Crippen molar-refractivity contribution < 1.29 is 4.43 Å². The average Bonchev–Trinajstić information content (AvgIpc) is 1.67. The highest BCUT2D eigenvalue weighted by Crippen LogP contribution is 2.07. The molecule has 0 atom stereocenters. The smallest absolute Gasteiger partial charge is 0.423 e. The normalized spacial score (nSPS) is 11.0. The molecule has 8 heavy (non-hydrogen) atoms. The zero-order valence-corrected chi connectivity index (χ0v) is 8.87. The molecule has 0 aromatic carbocycles. The predicted octanol–water partition coefficient (Wildman–Crippen LogP) is 1.65. The summed E-state index contributed by atoms with van der Waals surface area (Å²) in [5.74, 6) is 0. The molecule has 0 spiro atoms. The summed E-state index contributed by atoms with van der Waals surface area (Å²) < 4.78 is 6.45. The molecule has 0 saturated carbocycles. The van der Waals surface area contributed by atoms with Gasteiger partial charge in [0.2, 0.25) is 0 Å². The molecular weight excluding hydrogens is 152 g/mol. The van der Waals surface area contributed by atoms with Crippen LogP contribution in [0.3, 0.4) is 0 Å². The minimum Gasteiger partial charge on any atom is -0.423 e. The van der Waals surface area contributed by atoms with Gasteiger partial charge in [0.25, 0.3) is 0 Å². The van der Waals surface area contributed by atoms with Gasteiger partial charge in [-0.1, -0.05) is 0 Å². The van der Waals surface area contributed by atoms with Crippen LogP contribution in [0.15, 0.2) is 0 Å². The number of hydrogen-bond donors (Lipinski definition) is 0. The third-order valence-electron chi connectivity index (χ3n) is 1.25. The second kappa shape index (κ2) is 4.11. The maximum absolute atomic E-state index is 5.66. The molecule has 0 aromatic rings. The van der Waals surface area contributed by atoms with Crippen LogP contribution < -0.4 is 0 Å². The van der Waals surface area contributed by atoms with E-state index in [1.54, 1.807) is 7.11 Å². The first-order chi connectivity index (χ1) is 3.62. The van der Waals surface area contributed by atoms with Crippen molar-refractivity contribution in [3.05, 3.63) is 0 Å². The fraction of sp³-hybridized carbons (Fsp3) is 1.00. The van der Waals surface area contributed by atoms with E-state index in [0.29, 0.717) is 0 Å². The third-order valence-corrected chi connectivity index (χ3v) is 9.63. The van der Waals surface area contributed by atoms with E-state index in [2.05, 4.69) is 13.1 Å². The van der Waals surface area contributed by atoms with Crippen molar-refractivity contribution in [1.29, 1.82) is 0 Å². The Bertz CT molecular complexity index is 69.1. The molecule has 1 nitrogen and oxygen atoms in total. The van der Waals surface area contributed by atoms with Crippen LogP contribution in [0, 0.1) is 0 Å². The topological polar surface area (TPSA) is 9.23 Å². The van der Waals surface area contributed by atoms with E-state index in [4.69, 9.17) is 13.5 Å². The van der Waals surface area contributed by atoms with Crippen LogP contribution in [0.4, 0.5) is 0 Å². The molecule has 0 fully saturated rings. The second-order valence-electron chi connectivity index (χ2n) is 2.40. The Kier molecular flexibility index (Phi) is 4.75. The highest BCUT2D eigenvalue weighted by Gasteiger charge is 2.19. The van der Waals surface area contributed by atoms with Gasteiger partial charge in [-0.05, 0) is 13.1 Å². The molecule has 0 unspecified atom stereocenters. The van der Waals surface area contributed by atoms with Crippen molar-refractivity contribution in [1.82, 2.24) is 0 Å². The Morgan fingerprint density at radius 3 is 2.25 bits per heavy atom. The van der Waals surface area contributed by atoms with E-state index in [-0.39, 0.29) is 19.3 Å². The maximum atomic E-state index is 5.66. The summed E-state index contributed by atoms with van der Waals surface area (Å²) in [5.41, 5.74) is 0. The lowest BCUT2D eigenvalue weighted by Gasteiger charge is -2.17. The van der Waals surface area contributed by atoms with Gasteiger partial charge in [-0.3, -0.25) is 0 Å². The summed E-state index contributed by atoms with van der Waals surface area (Å²) in [7, 11) is 6.20. The summed E-state index contributed by atoms with van der Waals surface area (Å²) >= 11 is -0.292. The van der Waals surface area contributed by atoms with Gasteiger partial charge < -0.3 is 13.5 Å². The quantitative estimate of drug-likeness (QED) is 0.574. The van der Waals surface area contributed by atoms with Crippen molar-refractivity contribution in [2.75, 3.05) is 7.11 Å². The van der Waals surface area contributed by atoms with Crippen LogP contribution in [-0.2, 0) is 4.43 Å². The van der Waals surface area contributed by atoms with Crippen molar-refractivity contribution >= 4 is 36.7 Å². The molecule has 46 valence electrons. The van der Waals surface area contributed by atoms with E-state index in [0.717, 1.165) is 0 Å². The van der Waals surface area contributed by atoms with Crippen LogP contribution >= 0.6 is 9.07 Å². The molecule has 0 bridgehead atoms. The summed E-state index contributed by atoms with van der Waals surface area (Å²) in [4.78, 5) is 0. The minimum absolute atomic E-state index is 0.292. The summed E-state index contributed by atoms with van der Waals surface area (Å²) in [6.07, 6.45) is 0. The molecule has 0 aromatic heterocycles. The van der Waals surface area contributed by atoms with Gasteiger partial charge in [0.1, 0.15) is 0 Å². The van der Waals surface area contributed by atoms with Crippen LogP contribution in [-0.4, -0.2) is 34.7 Å². The maximum Gasteiger partial charge on any atom is 0.500 e. The average molecular weight is 163 g/mol. The van der Waals surface area contributed by atoms with Gasteiger partial charge in [-0.15, -0.1) is 4.17 Å². The number of rotatable bonds is 3. The van der Waals surface area contributed by atoms with Crippen LogP contribution in [0.2, 0.25) is 17.3 Å². The lowest BCUT2D eigenvalue weighted by molar-refractivity contribution is 0.409. The fourth-order valence-electron chi connectivity index (χ4n) is 0.330. The molecule has 0 aliphatic rings. The van der Waals surface area contributed by atoms with Crippen molar-refractivity contribution in [3.63, 3.8) is 0 Å². The molecular formula is C4H11ClMgOSi. The van der Waals surface area contributed by atoms with Crippen LogP contribution in [0.1, 0.15) is 0 Å². The summed E-state index contributed by atoms with van der Waals surface area (Å²) in [6, 6.07) is 0. The van der Waals surface area contributed by atoms with Gasteiger partial charge >= 0.3 is 19.3 Å². The van der Waals surface area contributed by atoms with E-state index in [9.17, 15) is 0 Å². The van der Waals surface area contributed by atoms with Gasteiger partial charge in [0.15, 0.2) is 8.32 Å². The van der Waals surface area contributed by atoms with E-state index < -0.39 is 8.32 Å². The highest BCUT2D eigenvalue weighted by atomic mass is 35.5. The summed E-state index contributed by atoms with van der Waals surface area (Å²) in [5, 5.41) is 0. The van der Waals surface area contributed by atoms with Gasteiger partial charge in [-0.25, -0.2) is 0 Å². The first-order valence-electron chi connectivity index (χ1n) is 2.73. The number of hydrogen-bond acceptors (Lipinski definition) is 1. The largest absolute Gasteiger partial charge is 0.500 e. The van der Waals surface area contributed by atoms with Gasteiger partial charge in [0, 0.05) is 7.11 Å². The highest BCUT2D eigenvalue weighted by molar-refractivity contribution is 7.00. The van der Waals surface area contributed by atoms with Crippen molar-refractivity contribution in [2.45, 2.75) is 17.3 Å². The van der Waals surface area contributed by atoms with Gasteiger partial charge in [-0.2, -0.15) is 0 Å². The minimum atomic E-state index is -1.25. The third kappa shape index (κ3) is 4.15. The molecule has 0 rings (SSSR count). The van der Waals surface area contributed by atoms with Crippen LogP contribution in [0.25, 0.3) is 0 Å². The van der Waals surface area contributed by atoms with E-state index >= 15 is 0 Å². The predicted molar refractivity (Wildman–Crippen MR) is 40.9 cm³/mol. The molecule has 0 radical (unpaired) electrons. The number of halogens is 1. The molecule has 0 saturated heterocycles. The first-order valence-corrected chi connectivity index (χ1v) is 8.99. The molecule has 0 heterocycles. The molecule has 0 amide bonds. The van der Waals surface area contributed by atoms with Gasteiger partial charge in [0.05, 0.1) is 0 Å². The van der Waals surface area contributed by atoms with Crippen molar-refractivity contribution in [2.24, 2.45) is 0 Å². The lowest BCUT2D eigenvalue weighted by Crippen LogP contribution is -2.29. The SMILES string of the molecule is CO[Si](C)(C)[CH2][Mg][Cl]. The standard InChI is InChI=1S/C4H11OSi.ClH.Mg/c1-5-6(2,3)4;;/h2H2,1,3-4H3;1H;/q;;+1/p-1. The molecule has 0 N–H and O–H groups in total. The molecule has 0 aliphatic carbocycles. The lowest BCUT2D eigenvalue weighted by atomic mass is 11.8. The molecule has 0 aliphatic heterocycles. The fourth-order valence-corrected chi connectivity index (χ4v) is 7.06. The Morgan fingerprint density at radius 1 is 1.62 bits per heavy atom. The van der Waals surface area contributed by atoms with E-state index in [1.807, 2.05) is 0 Å².